The van der Waals surface area contributed by atoms with Crippen LogP contribution in [0.1, 0.15) is 35.2 Å². The number of carbonyl (C=O) groups excluding carboxylic acids is 2. The molecule has 2 N–H and O–H groups in total. The summed E-state index contributed by atoms with van der Waals surface area (Å²) in [5.74, 6) is -0.114. The van der Waals surface area contributed by atoms with Crippen molar-refractivity contribution in [3.05, 3.63) is 119 Å². The molecule has 0 aliphatic rings. The lowest BCUT2D eigenvalue weighted by atomic mass is 9.95. The zero-order valence-electron chi connectivity index (χ0n) is 22.2. The lowest BCUT2D eigenvalue weighted by molar-refractivity contribution is -0.116. The number of carbonyl (C=O) groups is 2. The minimum absolute atomic E-state index is 0.00632. The van der Waals surface area contributed by atoms with E-state index in [2.05, 4.69) is 10.0 Å². The molecule has 8 nitrogen and oxygen atoms in total. The maximum Gasteiger partial charge on any atom is 0.338 e. The third-order valence-electron chi connectivity index (χ3n) is 6.09. The SMILES string of the molecule is CCOC(=O)c1ccc(NC(=O)CC(CNS(=O)(=O)c2ccc(Oc3ccccc3)cc2)c2ccc(Cl)cc2)cc1. The van der Waals surface area contributed by atoms with Crippen molar-refractivity contribution in [1.29, 1.82) is 0 Å². The van der Waals surface area contributed by atoms with Crippen molar-refractivity contribution in [1.82, 2.24) is 4.72 Å². The van der Waals surface area contributed by atoms with Gasteiger partial charge in [0, 0.05) is 29.6 Å². The first-order valence-electron chi connectivity index (χ1n) is 12.9. The molecule has 0 aliphatic carbocycles. The van der Waals surface area contributed by atoms with Crippen LogP contribution in [0.15, 0.2) is 108 Å². The third kappa shape index (κ3) is 8.65. The van der Waals surface area contributed by atoms with Crippen LogP contribution >= 0.6 is 11.6 Å². The fourth-order valence-electron chi connectivity index (χ4n) is 3.99. The lowest BCUT2D eigenvalue weighted by Crippen LogP contribution is -2.30. The van der Waals surface area contributed by atoms with E-state index in [1.54, 1.807) is 79.7 Å². The number of hydrogen-bond acceptors (Lipinski definition) is 6. The Morgan fingerprint density at radius 3 is 2.10 bits per heavy atom. The third-order valence-corrected chi connectivity index (χ3v) is 7.78. The molecule has 1 amide bonds. The van der Waals surface area contributed by atoms with Gasteiger partial charge in [0.1, 0.15) is 11.5 Å². The van der Waals surface area contributed by atoms with Crippen LogP contribution < -0.4 is 14.8 Å². The van der Waals surface area contributed by atoms with Crippen LogP contribution in [-0.2, 0) is 19.6 Å². The highest BCUT2D eigenvalue weighted by molar-refractivity contribution is 7.89. The van der Waals surface area contributed by atoms with Crippen LogP contribution in [0, 0.1) is 0 Å². The highest BCUT2D eigenvalue weighted by atomic mass is 35.5. The van der Waals surface area contributed by atoms with Gasteiger partial charge < -0.3 is 14.8 Å². The van der Waals surface area contributed by atoms with E-state index in [9.17, 15) is 18.0 Å². The highest BCUT2D eigenvalue weighted by Gasteiger charge is 2.21. The summed E-state index contributed by atoms with van der Waals surface area (Å²) in [7, 11) is -3.88. The Kier molecular flexibility index (Phi) is 10.1. The molecular weight excluding hydrogens is 564 g/mol. The molecule has 1 atom stereocenters. The van der Waals surface area contributed by atoms with E-state index < -0.39 is 21.9 Å². The van der Waals surface area contributed by atoms with Crippen LogP contribution in [-0.4, -0.2) is 33.4 Å². The number of hydrogen-bond donors (Lipinski definition) is 2. The van der Waals surface area contributed by atoms with Gasteiger partial charge in [0.05, 0.1) is 17.1 Å². The van der Waals surface area contributed by atoms with Gasteiger partial charge in [-0.15, -0.1) is 0 Å². The molecule has 0 saturated carbocycles. The monoisotopic (exact) mass is 592 g/mol. The molecule has 4 aromatic carbocycles. The van der Waals surface area contributed by atoms with Gasteiger partial charge in [-0.1, -0.05) is 41.9 Å². The fraction of sp³-hybridized carbons (Fsp3) is 0.161. The van der Waals surface area contributed by atoms with Crippen LogP contribution in [0.4, 0.5) is 5.69 Å². The van der Waals surface area contributed by atoms with Crippen molar-refractivity contribution in [2.75, 3.05) is 18.5 Å². The van der Waals surface area contributed by atoms with Gasteiger partial charge in [-0.05, 0) is 85.3 Å². The molecule has 1 unspecified atom stereocenters. The van der Waals surface area contributed by atoms with Gasteiger partial charge in [0.15, 0.2) is 0 Å². The molecule has 0 fully saturated rings. The topological polar surface area (TPSA) is 111 Å². The van der Waals surface area contributed by atoms with Gasteiger partial charge in [0.2, 0.25) is 15.9 Å². The maximum atomic E-state index is 13.1. The molecule has 0 bridgehead atoms. The molecule has 4 aromatic rings. The van der Waals surface area contributed by atoms with Crippen LogP contribution in [0.25, 0.3) is 0 Å². The van der Waals surface area contributed by atoms with E-state index in [-0.39, 0.29) is 30.4 Å². The first-order chi connectivity index (χ1) is 19.7. The zero-order chi connectivity index (χ0) is 29.2. The molecule has 0 aliphatic heterocycles. The molecule has 0 spiro atoms. The molecule has 10 heteroatoms. The first-order valence-corrected chi connectivity index (χ1v) is 14.7. The largest absolute Gasteiger partial charge is 0.462 e. The predicted molar refractivity (Wildman–Crippen MR) is 158 cm³/mol. The Morgan fingerprint density at radius 2 is 1.46 bits per heavy atom. The number of ether oxygens (including phenoxy) is 2. The summed E-state index contributed by atoms with van der Waals surface area (Å²) in [6.45, 7) is 1.96. The van der Waals surface area contributed by atoms with Gasteiger partial charge in [-0.25, -0.2) is 17.9 Å². The average Bonchev–Trinajstić information content (AvgIpc) is 2.97. The van der Waals surface area contributed by atoms with E-state index in [1.165, 1.54) is 12.1 Å². The second-order valence-electron chi connectivity index (χ2n) is 9.04. The van der Waals surface area contributed by atoms with Crippen molar-refractivity contribution in [2.24, 2.45) is 0 Å². The summed E-state index contributed by atoms with van der Waals surface area (Å²) in [6.07, 6.45) is -0.00632. The lowest BCUT2D eigenvalue weighted by Gasteiger charge is -2.18. The van der Waals surface area contributed by atoms with E-state index in [0.717, 1.165) is 5.56 Å². The van der Waals surface area contributed by atoms with Crippen molar-refractivity contribution in [2.45, 2.75) is 24.2 Å². The standard InChI is InChI=1S/C31H29ClN2O6S/c1-2-39-31(36)23-10-14-26(15-11-23)34-30(35)20-24(22-8-12-25(32)13-9-22)21-33-41(37,38)29-18-16-28(17-19-29)40-27-6-4-3-5-7-27/h3-19,24,33H,2,20-21H2,1H3,(H,34,35). The number of amides is 1. The van der Waals surface area contributed by atoms with Gasteiger partial charge in [0.25, 0.3) is 0 Å². The average molecular weight is 593 g/mol. The van der Waals surface area contributed by atoms with Gasteiger partial charge in [-0.3, -0.25) is 4.79 Å². The van der Waals surface area contributed by atoms with E-state index in [1.807, 2.05) is 18.2 Å². The fourth-order valence-corrected chi connectivity index (χ4v) is 5.20. The molecule has 0 saturated heterocycles. The summed E-state index contributed by atoms with van der Waals surface area (Å²) < 4.78 is 39.5. The van der Waals surface area contributed by atoms with E-state index >= 15 is 0 Å². The Bertz CT molecular complexity index is 1560. The molecule has 0 radical (unpaired) electrons. The summed E-state index contributed by atoms with van der Waals surface area (Å²) in [5, 5.41) is 3.32. The zero-order valence-corrected chi connectivity index (χ0v) is 23.8. The summed E-state index contributed by atoms with van der Waals surface area (Å²) >= 11 is 6.04. The number of rotatable bonds is 12. The second-order valence-corrected chi connectivity index (χ2v) is 11.2. The quantitative estimate of drug-likeness (QED) is 0.184. The molecule has 0 aromatic heterocycles. The van der Waals surface area contributed by atoms with Crippen LogP contribution in [0.3, 0.4) is 0 Å². The van der Waals surface area contributed by atoms with Crippen molar-refractivity contribution < 1.29 is 27.5 Å². The number of sulfonamides is 1. The Hall–Kier alpha value is -4.18. The molecule has 0 heterocycles. The minimum Gasteiger partial charge on any atom is -0.462 e. The van der Waals surface area contributed by atoms with Gasteiger partial charge >= 0.3 is 5.97 Å². The number of para-hydroxylation sites is 1. The Morgan fingerprint density at radius 1 is 0.829 bits per heavy atom. The van der Waals surface area contributed by atoms with Crippen LogP contribution in [0.5, 0.6) is 11.5 Å². The van der Waals surface area contributed by atoms with E-state index in [4.69, 9.17) is 21.1 Å². The molecular formula is C31H29ClN2O6S. The van der Waals surface area contributed by atoms with Crippen LogP contribution in [0.2, 0.25) is 5.02 Å². The van der Waals surface area contributed by atoms with Crippen molar-refractivity contribution in [3.8, 4) is 11.5 Å². The Balaban J connectivity index is 1.42. The number of esters is 1. The second kappa shape index (κ2) is 13.9. The predicted octanol–water partition coefficient (Wildman–Crippen LogP) is 6.40. The smallest absolute Gasteiger partial charge is 0.338 e. The highest BCUT2D eigenvalue weighted by Crippen LogP contribution is 2.25. The molecule has 41 heavy (non-hydrogen) atoms. The van der Waals surface area contributed by atoms with Gasteiger partial charge in [-0.2, -0.15) is 0 Å². The Labute approximate surface area is 244 Å². The maximum absolute atomic E-state index is 13.1. The van der Waals surface area contributed by atoms with Crippen molar-refractivity contribution >= 4 is 39.2 Å². The summed E-state index contributed by atoms with van der Waals surface area (Å²) in [6, 6.07) is 28.5. The van der Waals surface area contributed by atoms with Crippen molar-refractivity contribution in [3.63, 3.8) is 0 Å². The number of anilines is 1. The number of benzene rings is 4. The minimum atomic E-state index is -3.88. The summed E-state index contributed by atoms with van der Waals surface area (Å²) in [4.78, 5) is 24.9. The summed E-state index contributed by atoms with van der Waals surface area (Å²) in [5.41, 5.74) is 1.62. The number of nitrogens with one attached hydrogen (secondary N) is 2. The molecule has 4 rings (SSSR count). The molecule has 212 valence electrons. The number of halogens is 1. The first kappa shape index (κ1) is 29.8. The van der Waals surface area contributed by atoms with E-state index in [0.29, 0.717) is 27.8 Å². The normalized spacial score (nSPS) is 11.9.